The van der Waals surface area contributed by atoms with Crippen molar-refractivity contribution >= 4 is 23.6 Å². The van der Waals surface area contributed by atoms with Gasteiger partial charge in [0.05, 0.1) is 25.5 Å². The van der Waals surface area contributed by atoms with Crippen molar-refractivity contribution in [2.24, 2.45) is 11.7 Å². The summed E-state index contributed by atoms with van der Waals surface area (Å²) in [6.07, 6.45) is -0.00397. The molecule has 0 spiro atoms. The molecule has 1 aromatic rings. The molecule has 9 heteroatoms. The van der Waals surface area contributed by atoms with E-state index in [1.165, 1.54) is 0 Å². The van der Waals surface area contributed by atoms with Gasteiger partial charge >= 0.3 is 11.9 Å². The Morgan fingerprint density at radius 3 is 2.32 bits per heavy atom. The number of carbonyl (C=O) groups excluding carboxylic acids is 3. The maximum atomic E-state index is 12.1. The summed E-state index contributed by atoms with van der Waals surface area (Å²) in [5.41, 5.74) is 6.00. The van der Waals surface area contributed by atoms with E-state index in [4.69, 9.17) is 15.2 Å². The number of esters is 1. The van der Waals surface area contributed by atoms with E-state index in [-0.39, 0.29) is 39.0 Å². The number of rotatable bonds is 13. The van der Waals surface area contributed by atoms with Gasteiger partial charge in [-0.1, -0.05) is 30.3 Å². The molecule has 0 bridgehead atoms. The predicted molar refractivity (Wildman–Crippen MR) is 113 cm³/mol. The van der Waals surface area contributed by atoms with Crippen LogP contribution >= 0.6 is 0 Å². The third-order valence-electron chi connectivity index (χ3n) is 4.04. The smallest absolute Gasteiger partial charge is 0.307 e. The molecular formula is C22H32N2O7. The Labute approximate surface area is 182 Å². The lowest BCUT2D eigenvalue weighted by Crippen LogP contribution is -2.36. The van der Waals surface area contributed by atoms with Crippen molar-refractivity contribution in [3.8, 4) is 0 Å². The summed E-state index contributed by atoms with van der Waals surface area (Å²) in [6, 6.07) is 8.40. The molecule has 0 aliphatic rings. The number of carboxylic acid groups (broad SMARTS) is 1. The Bertz CT molecular complexity index is 744. The number of aliphatic carboxylic acids is 1. The first kappa shape index (κ1) is 26.3. The van der Waals surface area contributed by atoms with Crippen LogP contribution in [0.1, 0.15) is 39.2 Å². The molecule has 172 valence electrons. The van der Waals surface area contributed by atoms with Crippen molar-refractivity contribution < 1.29 is 33.8 Å². The molecule has 9 nitrogen and oxygen atoms in total. The number of ether oxygens (including phenoxy) is 2. The summed E-state index contributed by atoms with van der Waals surface area (Å²) in [5.74, 6) is -3.31. The Hall–Kier alpha value is -2.78. The first-order chi connectivity index (χ1) is 14.5. The molecule has 0 fully saturated rings. The number of carbonyl (C=O) groups is 4. The molecule has 1 rings (SSSR count). The number of nitrogens with two attached hydrogens (primary N) is 1. The van der Waals surface area contributed by atoms with Crippen molar-refractivity contribution in [3.63, 3.8) is 0 Å². The third kappa shape index (κ3) is 12.5. The van der Waals surface area contributed by atoms with E-state index in [2.05, 4.69) is 5.32 Å². The van der Waals surface area contributed by atoms with Crippen molar-refractivity contribution in [2.45, 2.75) is 51.7 Å². The molecule has 0 radical (unpaired) electrons. The van der Waals surface area contributed by atoms with Gasteiger partial charge < -0.3 is 25.6 Å². The second-order valence-corrected chi connectivity index (χ2v) is 8.31. The van der Waals surface area contributed by atoms with E-state index in [1.54, 1.807) is 45.0 Å². The highest BCUT2D eigenvalue weighted by Crippen LogP contribution is 2.13. The lowest BCUT2D eigenvalue weighted by atomic mass is 9.94. The maximum absolute atomic E-state index is 12.1. The number of carboxylic acids is 1. The second-order valence-electron chi connectivity index (χ2n) is 8.31. The summed E-state index contributed by atoms with van der Waals surface area (Å²) in [4.78, 5) is 47.0. The summed E-state index contributed by atoms with van der Waals surface area (Å²) < 4.78 is 10.3. The molecule has 0 saturated heterocycles. The molecule has 0 aromatic heterocycles. The van der Waals surface area contributed by atoms with Crippen LogP contribution in [0.15, 0.2) is 30.3 Å². The molecule has 0 saturated carbocycles. The van der Waals surface area contributed by atoms with Crippen LogP contribution < -0.4 is 11.1 Å². The first-order valence-corrected chi connectivity index (χ1v) is 10.1. The van der Waals surface area contributed by atoms with Crippen molar-refractivity contribution in [2.75, 3.05) is 19.8 Å². The van der Waals surface area contributed by atoms with E-state index >= 15 is 0 Å². The normalized spacial score (nSPS) is 13.2. The van der Waals surface area contributed by atoms with Crippen LogP contribution in [0.25, 0.3) is 0 Å². The number of Topliss-reactive ketones (excluding diaryl/α,β-unsaturated/α-hetero) is 1. The zero-order chi connectivity index (χ0) is 23.4. The van der Waals surface area contributed by atoms with Gasteiger partial charge in [0, 0.05) is 12.5 Å². The van der Waals surface area contributed by atoms with E-state index in [9.17, 15) is 24.3 Å². The Morgan fingerprint density at radius 2 is 1.74 bits per heavy atom. The second kappa shape index (κ2) is 12.8. The SMILES string of the molecule is CC(C)(C)OC(=O)C[C@H](N)COCC(=O)NCC(=O)C[C@@H](Cc1ccccc1)C(=O)O. The number of hydrogen-bond donors (Lipinski definition) is 3. The largest absolute Gasteiger partial charge is 0.481 e. The molecule has 4 N–H and O–H groups in total. The van der Waals surface area contributed by atoms with Crippen LogP contribution in [-0.2, 0) is 35.1 Å². The van der Waals surface area contributed by atoms with E-state index in [0.717, 1.165) is 5.56 Å². The minimum absolute atomic E-state index is 0.0290. The monoisotopic (exact) mass is 436 g/mol. The molecular weight excluding hydrogens is 404 g/mol. The topological polar surface area (TPSA) is 145 Å². The number of nitrogens with one attached hydrogen (secondary N) is 1. The van der Waals surface area contributed by atoms with Gasteiger partial charge in [0.25, 0.3) is 0 Å². The quantitative estimate of drug-likeness (QED) is 0.390. The highest BCUT2D eigenvalue weighted by atomic mass is 16.6. The number of hydrogen-bond acceptors (Lipinski definition) is 7. The van der Waals surface area contributed by atoms with Gasteiger partial charge in [0.2, 0.25) is 5.91 Å². The fourth-order valence-corrected chi connectivity index (χ4v) is 2.70. The molecule has 0 heterocycles. The minimum atomic E-state index is -1.06. The maximum Gasteiger partial charge on any atom is 0.307 e. The number of ketones is 1. The molecule has 1 aromatic carbocycles. The summed E-state index contributed by atoms with van der Waals surface area (Å²) >= 11 is 0. The van der Waals surface area contributed by atoms with Crippen LogP contribution in [0.3, 0.4) is 0 Å². The zero-order valence-corrected chi connectivity index (χ0v) is 18.3. The Balaban J connectivity index is 2.29. The van der Waals surface area contributed by atoms with Crippen molar-refractivity contribution in [1.82, 2.24) is 5.32 Å². The molecule has 2 atom stereocenters. The lowest BCUT2D eigenvalue weighted by Gasteiger charge is -2.20. The van der Waals surface area contributed by atoms with Crippen LogP contribution in [0, 0.1) is 5.92 Å². The highest BCUT2D eigenvalue weighted by Gasteiger charge is 2.22. The summed E-state index contributed by atoms with van der Waals surface area (Å²) in [7, 11) is 0. The van der Waals surface area contributed by atoms with Gasteiger partial charge in [-0.3, -0.25) is 19.2 Å². The predicted octanol–water partition coefficient (Wildman–Crippen LogP) is 1.08. The van der Waals surface area contributed by atoms with Crippen molar-refractivity contribution in [3.05, 3.63) is 35.9 Å². The molecule has 0 unspecified atom stereocenters. The summed E-state index contributed by atoms with van der Waals surface area (Å²) in [6.45, 7) is 4.60. The Kier molecular flexibility index (Phi) is 10.8. The van der Waals surface area contributed by atoms with E-state index in [0.29, 0.717) is 0 Å². The lowest BCUT2D eigenvalue weighted by molar-refractivity contribution is -0.155. The average Bonchev–Trinajstić information content (AvgIpc) is 2.65. The van der Waals surface area contributed by atoms with E-state index < -0.39 is 41.2 Å². The molecule has 31 heavy (non-hydrogen) atoms. The van der Waals surface area contributed by atoms with Crippen LogP contribution in [0.4, 0.5) is 0 Å². The van der Waals surface area contributed by atoms with Crippen LogP contribution in [0.2, 0.25) is 0 Å². The van der Waals surface area contributed by atoms with Gasteiger partial charge in [0.15, 0.2) is 5.78 Å². The van der Waals surface area contributed by atoms with Gasteiger partial charge in [0.1, 0.15) is 12.2 Å². The summed E-state index contributed by atoms with van der Waals surface area (Å²) in [5, 5.41) is 11.7. The minimum Gasteiger partial charge on any atom is -0.481 e. The van der Waals surface area contributed by atoms with Gasteiger partial charge in [-0.2, -0.15) is 0 Å². The Morgan fingerprint density at radius 1 is 1.10 bits per heavy atom. The van der Waals surface area contributed by atoms with Gasteiger partial charge in [-0.25, -0.2) is 0 Å². The highest BCUT2D eigenvalue weighted by molar-refractivity contribution is 5.89. The zero-order valence-electron chi connectivity index (χ0n) is 18.3. The number of benzene rings is 1. The number of amides is 1. The molecule has 0 aliphatic heterocycles. The van der Waals surface area contributed by atoms with Crippen LogP contribution in [0.5, 0.6) is 0 Å². The van der Waals surface area contributed by atoms with Crippen molar-refractivity contribution in [1.29, 1.82) is 0 Å². The third-order valence-corrected chi connectivity index (χ3v) is 4.04. The molecule has 1 amide bonds. The van der Waals surface area contributed by atoms with E-state index in [1.807, 2.05) is 6.07 Å². The molecule has 0 aliphatic carbocycles. The van der Waals surface area contributed by atoms with Gasteiger partial charge in [-0.15, -0.1) is 0 Å². The first-order valence-electron chi connectivity index (χ1n) is 10.1. The van der Waals surface area contributed by atoms with Gasteiger partial charge in [-0.05, 0) is 32.8 Å². The average molecular weight is 437 g/mol. The van der Waals surface area contributed by atoms with Crippen LogP contribution in [-0.4, -0.2) is 60.1 Å². The standard InChI is InChI=1S/C22H32N2O7/c1-22(2,3)31-20(27)11-17(23)13-30-14-19(26)24-12-18(25)10-16(21(28)29)9-15-7-5-4-6-8-15/h4-8,16-17H,9-14,23H2,1-3H3,(H,24,26)(H,28,29)/t16-,17+/m1/s1. The fraction of sp³-hybridized carbons (Fsp3) is 0.545. The fourth-order valence-electron chi connectivity index (χ4n) is 2.70.